The SMILES string of the molecule is CNC(C)(CO)CCOc1ccc(F)cc1C. The number of hydrogen-bond donors (Lipinski definition) is 2. The molecule has 0 aromatic heterocycles. The van der Waals surface area contributed by atoms with E-state index < -0.39 is 0 Å². The Morgan fingerprint density at radius 2 is 2.18 bits per heavy atom. The Bertz CT molecular complexity index is 364. The van der Waals surface area contributed by atoms with E-state index in [0.717, 1.165) is 5.56 Å². The van der Waals surface area contributed by atoms with E-state index in [-0.39, 0.29) is 18.0 Å². The van der Waals surface area contributed by atoms with Crippen LogP contribution in [0.3, 0.4) is 0 Å². The van der Waals surface area contributed by atoms with Crippen LogP contribution in [0.4, 0.5) is 4.39 Å². The van der Waals surface area contributed by atoms with Gasteiger partial charge in [0.15, 0.2) is 0 Å². The third-order valence-electron chi connectivity index (χ3n) is 3.00. The summed E-state index contributed by atoms with van der Waals surface area (Å²) >= 11 is 0. The predicted molar refractivity (Wildman–Crippen MR) is 65.8 cm³/mol. The van der Waals surface area contributed by atoms with Gasteiger partial charge in [0, 0.05) is 12.0 Å². The number of aryl methyl sites for hydroxylation is 1. The Kier molecular flexibility index (Phi) is 4.90. The fourth-order valence-electron chi connectivity index (χ4n) is 1.44. The number of likely N-dealkylation sites (N-methyl/N-ethyl adjacent to an activating group) is 1. The lowest BCUT2D eigenvalue weighted by Crippen LogP contribution is -2.44. The molecule has 1 unspecified atom stereocenters. The molecule has 96 valence electrons. The van der Waals surface area contributed by atoms with Gasteiger partial charge in [0.25, 0.3) is 0 Å². The van der Waals surface area contributed by atoms with Crippen LogP contribution in [-0.2, 0) is 0 Å². The first-order valence-corrected chi connectivity index (χ1v) is 5.69. The number of hydrogen-bond acceptors (Lipinski definition) is 3. The van der Waals surface area contributed by atoms with Crippen molar-refractivity contribution in [1.82, 2.24) is 5.32 Å². The molecule has 0 aliphatic rings. The molecule has 3 nitrogen and oxygen atoms in total. The average molecular weight is 241 g/mol. The summed E-state index contributed by atoms with van der Waals surface area (Å²) in [5, 5.41) is 12.3. The highest BCUT2D eigenvalue weighted by Crippen LogP contribution is 2.19. The van der Waals surface area contributed by atoms with Crippen molar-refractivity contribution in [3.05, 3.63) is 29.6 Å². The van der Waals surface area contributed by atoms with Crippen LogP contribution in [0.25, 0.3) is 0 Å². The van der Waals surface area contributed by atoms with Gasteiger partial charge in [-0.05, 0) is 44.7 Å². The lowest BCUT2D eigenvalue weighted by molar-refractivity contribution is 0.151. The molecule has 2 N–H and O–H groups in total. The van der Waals surface area contributed by atoms with Crippen LogP contribution in [0.2, 0.25) is 0 Å². The van der Waals surface area contributed by atoms with Crippen molar-refractivity contribution in [3.63, 3.8) is 0 Å². The summed E-state index contributed by atoms with van der Waals surface area (Å²) in [5.74, 6) is 0.424. The Labute approximate surface area is 102 Å². The number of rotatable bonds is 6. The monoisotopic (exact) mass is 241 g/mol. The molecule has 17 heavy (non-hydrogen) atoms. The van der Waals surface area contributed by atoms with Gasteiger partial charge in [-0.15, -0.1) is 0 Å². The van der Waals surface area contributed by atoms with Gasteiger partial charge >= 0.3 is 0 Å². The molecule has 4 heteroatoms. The zero-order valence-electron chi connectivity index (χ0n) is 10.6. The van der Waals surface area contributed by atoms with Crippen molar-refractivity contribution in [2.45, 2.75) is 25.8 Å². The molecule has 0 bridgehead atoms. The normalized spacial score (nSPS) is 14.4. The standard InChI is InChI=1S/C13H20FNO2/c1-10-8-11(14)4-5-12(10)17-7-6-13(2,9-16)15-3/h4-5,8,15-16H,6-7,9H2,1-3H3. The lowest BCUT2D eigenvalue weighted by Gasteiger charge is -2.26. The van der Waals surface area contributed by atoms with Gasteiger partial charge in [-0.3, -0.25) is 0 Å². The molecule has 0 aliphatic heterocycles. The highest BCUT2D eigenvalue weighted by atomic mass is 19.1. The van der Waals surface area contributed by atoms with Crippen molar-refractivity contribution in [1.29, 1.82) is 0 Å². The van der Waals surface area contributed by atoms with Crippen LogP contribution < -0.4 is 10.1 Å². The Morgan fingerprint density at radius 3 is 2.71 bits per heavy atom. The number of aliphatic hydroxyl groups is 1. The van der Waals surface area contributed by atoms with E-state index >= 15 is 0 Å². The summed E-state index contributed by atoms with van der Waals surface area (Å²) < 4.78 is 18.4. The first-order valence-electron chi connectivity index (χ1n) is 5.69. The van der Waals surface area contributed by atoms with Gasteiger partial charge in [0.1, 0.15) is 11.6 Å². The first-order chi connectivity index (χ1) is 8.00. The van der Waals surface area contributed by atoms with E-state index in [9.17, 15) is 9.50 Å². The third-order valence-corrected chi connectivity index (χ3v) is 3.00. The van der Waals surface area contributed by atoms with E-state index in [1.807, 2.05) is 13.8 Å². The van der Waals surface area contributed by atoms with E-state index in [4.69, 9.17) is 4.74 Å². The second kappa shape index (κ2) is 5.98. The average Bonchev–Trinajstić information content (AvgIpc) is 2.32. The zero-order chi connectivity index (χ0) is 12.9. The minimum Gasteiger partial charge on any atom is -0.493 e. The molecule has 0 aliphatic carbocycles. The van der Waals surface area contributed by atoms with E-state index in [1.54, 1.807) is 13.1 Å². The van der Waals surface area contributed by atoms with Gasteiger partial charge < -0.3 is 15.2 Å². The highest BCUT2D eigenvalue weighted by Gasteiger charge is 2.20. The molecule has 0 saturated carbocycles. The molecule has 1 rings (SSSR count). The Balaban J connectivity index is 2.51. The quantitative estimate of drug-likeness (QED) is 0.799. The second-order valence-corrected chi connectivity index (χ2v) is 4.48. The van der Waals surface area contributed by atoms with Crippen LogP contribution >= 0.6 is 0 Å². The van der Waals surface area contributed by atoms with Crippen molar-refractivity contribution < 1.29 is 14.2 Å². The van der Waals surface area contributed by atoms with Crippen molar-refractivity contribution in [2.24, 2.45) is 0 Å². The maximum atomic E-state index is 12.9. The van der Waals surface area contributed by atoms with Crippen LogP contribution in [-0.4, -0.2) is 30.9 Å². The molecule has 0 fully saturated rings. The summed E-state index contributed by atoms with van der Waals surface area (Å²) in [4.78, 5) is 0. The Morgan fingerprint density at radius 1 is 1.47 bits per heavy atom. The molecular weight excluding hydrogens is 221 g/mol. The van der Waals surface area contributed by atoms with Crippen LogP contribution in [0.5, 0.6) is 5.75 Å². The largest absolute Gasteiger partial charge is 0.493 e. The molecule has 1 aromatic carbocycles. The minimum absolute atomic E-state index is 0.0509. The van der Waals surface area contributed by atoms with Crippen molar-refractivity contribution in [3.8, 4) is 5.75 Å². The fraction of sp³-hybridized carbons (Fsp3) is 0.538. The number of benzene rings is 1. The van der Waals surface area contributed by atoms with Gasteiger partial charge in [-0.25, -0.2) is 4.39 Å². The predicted octanol–water partition coefficient (Wildman–Crippen LogP) is 1.87. The summed E-state index contributed by atoms with van der Waals surface area (Å²) in [6.45, 7) is 4.26. The number of ether oxygens (including phenoxy) is 1. The van der Waals surface area contributed by atoms with E-state index in [0.29, 0.717) is 18.8 Å². The lowest BCUT2D eigenvalue weighted by atomic mass is 10.0. The minimum atomic E-state index is -0.339. The van der Waals surface area contributed by atoms with Gasteiger partial charge in [0.2, 0.25) is 0 Å². The number of halogens is 1. The molecule has 0 heterocycles. The van der Waals surface area contributed by atoms with Crippen LogP contribution in [0.1, 0.15) is 18.9 Å². The molecule has 0 spiro atoms. The molecule has 1 atom stereocenters. The molecular formula is C13H20FNO2. The highest BCUT2D eigenvalue weighted by molar-refractivity contribution is 5.32. The van der Waals surface area contributed by atoms with E-state index in [2.05, 4.69) is 5.32 Å². The summed E-state index contributed by atoms with van der Waals surface area (Å²) in [7, 11) is 1.80. The topological polar surface area (TPSA) is 41.5 Å². The molecule has 1 aromatic rings. The fourth-order valence-corrected chi connectivity index (χ4v) is 1.44. The van der Waals surface area contributed by atoms with Crippen molar-refractivity contribution in [2.75, 3.05) is 20.3 Å². The maximum Gasteiger partial charge on any atom is 0.123 e. The first kappa shape index (κ1) is 13.9. The van der Waals surface area contributed by atoms with Gasteiger partial charge in [-0.2, -0.15) is 0 Å². The van der Waals surface area contributed by atoms with Gasteiger partial charge in [-0.1, -0.05) is 0 Å². The zero-order valence-corrected chi connectivity index (χ0v) is 10.6. The van der Waals surface area contributed by atoms with Crippen LogP contribution in [0, 0.1) is 12.7 Å². The smallest absolute Gasteiger partial charge is 0.123 e. The van der Waals surface area contributed by atoms with E-state index in [1.165, 1.54) is 12.1 Å². The number of nitrogens with one attached hydrogen (secondary N) is 1. The molecule has 0 radical (unpaired) electrons. The van der Waals surface area contributed by atoms with Crippen molar-refractivity contribution >= 4 is 0 Å². The maximum absolute atomic E-state index is 12.9. The third kappa shape index (κ3) is 3.98. The van der Waals surface area contributed by atoms with Gasteiger partial charge in [0.05, 0.1) is 13.2 Å². The summed E-state index contributed by atoms with van der Waals surface area (Å²) in [5.41, 5.74) is 0.439. The molecule has 0 saturated heterocycles. The summed E-state index contributed by atoms with van der Waals surface area (Å²) in [6, 6.07) is 4.45. The molecule has 0 amide bonds. The Hall–Kier alpha value is -1.13. The van der Waals surface area contributed by atoms with Crippen LogP contribution in [0.15, 0.2) is 18.2 Å². The number of aliphatic hydroxyl groups excluding tert-OH is 1. The second-order valence-electron chi connectivity index (χ2n) is 4.48. The summed E-state index contributed by atoms with van der Waals surface area (Å²) in [6.07, 6.45) is 0.677.